The highest BCUT2D eigenvalue weighted by molar-refractivity contribution is 5.58. The second kappa shape index (κ2) is 7.17. The number of hydrogen-bond acceptors (Lipinski definition) is 4. The first-order chi connectivity index (χ1) is 12.3. The summed E-state index contributed by atoms with van der Waals surface area (Å²) in [6, 6.07) is 1.96. The van der Waals surface area contributed by atoms with Gasteiger partial charge in [-0.15, -0.1) is 0 Å². The van der Waals surface area contributed by atoms with Crippen LogP contribution in [0.2, 0.25) is 0 Å². The molecule has 2 aromatic heterocycles. The average molecular weight is 358 g/mol. The van der Waals surface area contributed by atoms with Crippen molar-refractivity contribution in [1.29, 1.82) is 0 Å². The van der Waals surface area contributed by atoms with Crippen LogP contribution in [0.1, 0.15) is 58.2 Å². The molecule has 0 fully saturated rings. The maximum Gasteiger partial charge on any atom is 0.215 e. The lowest BCUT2D eigenvalue weighted by Gasteiger charge is -2.29. The van der Waals surface area contributed by atoms with Crippen molar-refractivity contribution in [3.63, 3.8) is 0 Å². The summed E-state index contributed by atoms with van der Waals surface area (Å²) < 4.78 is 15.1. The molecule has 0 spiro atoms. The summed E-state index contributed by atoms with van der Waals surface area (Å²) in [5, 5.41) is 8.71. The molecule has 0 aliphatic carbocycles. The topological polar surface area (TPSA) is 54.1 Å². The number of aromatic nitrogens is 4. The monoisotopic (exact) mass is 358 g/mol. The second-order valence-corrected chi connectivity index (χ2v) is 8.24. The molecule has 0 aromatic carbocycles. The molecule has 0 saturated carbocycles. The second-order valence-electron chi connectivity index (χ2n) is 8.24. The summed E-state index contributed by atoms with van der Waals surface area (Å²) in [6.45, 7) is 18.0. The van der Waals surface area contributed by atoms with E-state index in [1.807, 2.05) is 28.6 Å². The summed E-state index contributed by atoms with van der Waals surface area (Å²) in [6.07, 6.45) is 3.00. The molecule has 6 nitrogen and oxygen atoms in total. The van der Waals surface area contributed by atoms with Crippen molar-refractivity contribution in [2.45, 2.75) is 60.0 Å². The van der Waals surface area contributed by atoms with Gasteiger partial charge >= 0.3 is 0 Å². The Morgan fingerprint density at radius 1 is 1.27 bits per heavy atom. The van der Waals surface area contributed by atoms with Gasteiger partial charge in [0, 0.05) is 30.0 Å². The van der Waals surface area contributed by atoms with Crippen molar-refractivity contribution >= 4 is 5.57 Å². The van der Waals surface area contributed by atoms with Gasteiger partial charge in [-0.1, -0.05) is 34.3 Å². The molecule has 0 atom stereocenters. The number of nitrogens with zero attached hydrogens (tertiary/aromatic N) is 4. The lowest BCUT2D eigenvalue weighted by Crippen LogP contribution is -2.32. The van der Waals surface area contributed by atoms with Crippen LogP contribution in [0.4, 0.5) is 0 Å². The molecule has 142 valence electrons. The quantitative estimate of drug-likeness (QED) is 0.810. The van der Waals surface area contributed by atoms with E-state index in [9.17, 15) is 0 Å². The third kappa shape index (κ3) is 3.94. The van der Waals surface area contributed by atoms with Gasteiger partial charge in [0.25, 0.3) is 0 Å². The Morgan fingerprint density at radius 2 is 2.04 bits per heavy atom. The van der Waals surface area contributed by atoms with E-state index < -0.39 is 0 Å². The molecular formula is C20H30N4O2. The first kappa shape index (κ1) is 18.5. The van der Waals surface area contributed by atoms with Crippen LogP contribution in [0.25, 0.3) is 5.57 Å². The van der Waals surface area contributed by atoms with E-state index in [1.54, 1.807) is 0 Å². The zero-order valence-corrected chi connectivity index (χ0v) is 16.6. The van der Waals surface area contributed by atoms with Crippen molar-refractivity contribution in [2.75, 3.05) is 13.2 Å². The Morgan fingerprint density at radius 3 is 2.73 bits per heavy atom. The largest absolute Gasteiger partial charge is 0.478 e. The summed E-state index contributed by atoms with van der Waals surface area (Å²) in [7, 11) is 0. The maximum atomic E-state index is 5.63. The Kier molecular flexibility index (Phi) is 5.12. The smallest absolute Gasteiger partial charge is 0.215 e. The van der Waals surface area contributed by atoms with Crippen LogP contribution in [0.15, 0.2) is 18.8 Å². The highest BCUT2D eigenvalue weighted by Gasteiger charge is 2.27. The average Bonchev–Trinajstić information content (AvgIpc) is 3.17. The Bertz CT molecular complexity index is 786. The molecule has 0 N–H and O–H groups in total. The maximum absolute atomic E-state index is 5.63. The molecule has 0 bridgehead atoms. The van der Waals surface area contributed by atoms with E-state index in [4.69, 9.17) is 9.47 Å². The summed E-state index contributed by atoms with van der Waals surface area (Å²) in [4.78, 5) is 0. The fourth-order valence-electron chi connectivity index (χ4n) is 3.04. The van der Waals surface area contributed by atoms with Gasteiger partial charge in [0.05, 0.1) is 31.6 Å². The van der Waals surface area contributed by atoms with Gasteiger partial charge in [0.1, 0.15) is 0 Å². The molecule has 26 heavy (non-hydrogen) atoms. The molecule has 2 aliphatic heterocycles. The van der Waals surface area contributed by atoms with E-state index in [0.29, 0.717) is 5.92 Å². The molecule has 0 amide bonds. The van der Waals surface area contributed by atoms with Crippen molar-refractivity contribution in [2.24, 2.45) is 5.41 Å². The van der Waals surface area contributed by atoms with E-state index >= 15 is 0 Å². The zero-order valence-electron chi connectivity index (χ0n) is 16.6. The lowest BCUT2D eigenvalue weighted by molar-refractivity contribution is 0.100. The number of aryl methyl sites for hydroxylation is 1. The van der Waals surface area contributed by atoms with Crippen molar-refractivity contribution in [3.05, 3.63) is 30.1 Å². The van der Waals surface area contributed by atoms with Gasteiger partial charge in [-0.2, -0.15) is 10.2 Å². The molecule has 6 heteroatoms. The van der Waals surface area contributed by atoms with Crippen molar-refractivity contribution in [1.82, 2.24) is 19.6 Å². The number of fused-ring (bicyclic) bond motifs is 2. The predicted octanol–water partition coefficient (Wildman–Crippen LogP) is 4.12. The Balaban J connectivity index is 0.000000152. The first-order valence-corrected chi connectivity index (χ1v) is 9.32. The van der Waals surface area contributed by atoms with Crippen molar-refractivity contribution in [3.8, 4) is 11.8 Å². The normalized spacial score (nSPS) is 17.3. The van der Waals surface area contributed by atoms with Gasteiger partial charge in [-0.25, -0.2) is 9.36 Å². The minimum Gasteiger partial charge on any atom is -0.478 e. The molecule has 0 saturated heterocycles. The van der Waals surface area contributed by atoms with Crippen LogP contribution in [-0.2, 0) is 13.1 Å². The molecule has 2 aromatic rings. The first-order valence-electron chi connectivity index (χ1n) is 9.32. The van der Waals surface area contributed by atoms with Crippen LogP contribution in [-0.4, -0.2) is 32.8 Å². The summed E-state index contributed by atoms with van der Waals surface area (Å²) >= 11 is 0. The predicted molar refractivity (Wildman–Crippen MR) is 103 cm³/mol. The van der Waals surface area contributed by atoms with Crippen LogP contribution < -0.4 is 9.47 Å². The number of rotatable bonds is 2. The molecule has 2 aliphatic rings. The number of ether oxygens (including phenoxy) is 2. The minimum absolute atomic E-state index is 0.172. The standard InChI is InChI=1S/C11H16N2O.C9H14N2O/c1-8(2)9-5-10-13(12-9)6-11(3,4)7-14-10;1-7(2)8-6-10-11-4-3-5-12-9(8)11/h5H,1,6-7H2,2-4H3;6-7H,3-5H2,1-2H3. The fourth-order valence-corrected chi connectivity index (χ4v) is 3.04. The summed E-state index contributed by atoms with van der Waals surface area (Å²) in [5.41, 5.74) is 3.31. The molecule has 0 radical (unpaired) electrons. The molecule has 0 unspecified atom stereocenters. The summed E-state index contributed by atoms with van der Waals surface area (Å²) in [5.74, 6) is 2.35. The van der Waals surface area contributed by atoms with E-state index in [0.717, 1.165) is 55.8 Å². The SMILES string of the molecule is C=C(C)c1cc2n(n1)CC(C)(C)CO2.CC(C)c1cnn2c1OCCC2. The van der Waals surface area contributed by atoms with E-state index in [-0.39, 0.29) is 5.41 Å². The van der Waals surface area contributed by atoms with Gasteiger partial charge in [0.15, 0.2) is 0 Å². The van der Waals surface area contributed by atoms with Crippen molar-refractivity contribution < 1.29 is 9.47 Å². The third-order valence-electron chi connectivity index (χ3n) is 4.56. The highest BCUT2D eigenvalue weighted by atomic mass is 16.5. The molecule has 4 heterocycles. The Hall–Kier alpha value is -2.24. The number of hydrogen-bond donors (Lipinski definition) is 0. The van der Waals surface area contributed by atoms with Gasteiger partial charge < -0.3 is 9.47 Å². The van der Waals surface area contributed by atoms with Crippen LogP contribution in [0, 0.1) is 5.41 Å². The van der Waals surface area contributed by atoms with Crippen LogP contribution >= 0.6 is 0 Å². The highest BCUT2D eigenvalue weighted by Crippen LogP contribution is 2.30. The van der Waals surface area contributed by atoms with Gasteiger partial charge in [-0.3, -0.25) is 0 Å². The minimum atomic E-state index is 0.172. The lowest BCUT2D eigenvalue weighted by atomic mass is 9.94. The molecular weight excluding hydrogens is 328 g/mol. The van der Waals surface area contributed by atoms with Crippen LogP contribution in [0.3, 0.4) is 0 Å². The van der Waals surface area contributed by atoms with Gasteiger partial charge in [-0.05, 0) is 18.4 Å². The zero-order chi connectivity index (χ0) is 18.9. The third-order valence-corrected chi connectivity index (χ3v) is 4.56. The number of allylic oxidation sites excluding steroid dienone is 1. The Labute approximate surface area is 155 Å². The van der Waals surface area contributed by atoms with E-state index in [1.165, 1.54) is 5.56 Å². The van der Waals surface area contributed by atoms with E-state index in [2.05, 4.69) is 44.5 Å². The van der Waals surface area contributed by atoms with Crippen LogP contribution in [0.5, 0.6) is 11.8 Å². The van der Waals surface area contributed by atoms with Gasteiger partial charge in [0.2, 0.25) is 11.8 Å². The molecule has 4 rings (SSSR count). The fraction of sp³-hybridized carbons (Fsp3) is 0.600.